The van der Waals surface area contributed by atoms with Gasteiger partial charge in [0.15, 0.2) is 0 Å². The van der Waals surface area contributed by atoms with E-state index in [2.05, 4.69) is 10.3 Å². The second-order valence-corrected chi connectivity index (χ2v) is 5.88. The molecule has 2 aromatic carbocycles. The normalized spacial score (nSPS) is 10.8. The fraction of sp³-hybridized carbons (Fsp3) is 0.176. The summed E-state index contributed by atoms with van der Waals surface area (Å²) in [6.45, 7) is 2.85. The molecule has 128 valence electrons. The zero-order valence-electron chi connectivity index (χ0n) is 13.4. The summed E-state index contributed by atoms with van der Waals surface area (Å²) in [5.74, 6) is 0.491. The smallest absolute Gasteiger partial charge is 0.270 e. The molecule has 3 rings (SSSR count). The van der Waals surface area contributed by atoms with Crippen molar-refractivity contribution in [3.63, 3.8) is 0 Å². The summed E-state index contributed by atoms with van der Waals surface area (Å²) in [4.78, 5) is 26.9. The van der Waals surface area contributed by atoms with Gasteiger partial charge in [0.1, 0.15) is 5.82 Å². The molecule has 1 heterocycles. The number of para-hydroxylation sites is 2. The van der Waals surface area contributed by atoms with E-state index >= 15 is 0 Å². The Hall–Kier alpha value is -2.93. The number of rotatable bonds is 5. The van der Waals surface area contributed by atoms with Gasteiger partial charge in [-0.2, -0.15) is 0 Å². The lowest BCUT2D eigenvalue weighted by atomic mass is 10.2. The fourth-order valence-electron chi connectivity index (χ4n) is 2.66. The molecule has 0 spiro atoms. The van der Waals surface area contributed by atoms with E-state index in [1.165, 1.54) is 18.2 Å². The molecule has 0 aliphatic rings. The lowest BCUT2D eigenvalue weighted by Crippen LogP contribution is -2.27. The standard InChI is InChI=1S/C17H15ClN4O3/c1-11-20-15-4-2-3-5-16(15)21(11)9-8-19-17(23)13-7-6-12(22(24)25)10-14(13)18/h2-7,10H,8-9H2,1H3,(H,19,23). The number of benzene rings is 2. The number of non-ortho nitro benzene ring substituents is 1. The Kier molecular flexibility index (Phi) is 4.67. The number of nitrogens with one attached hydrogen (secondary N) is 1. The highest BCUT2D eigenvalue weighted by Gasteiger charge is 2.15. The zero-order valence-corrected chi connectivity index (χ0v) is 14.2. The number of hydrogen-bond donors (Lipinski definition) is 1. The number of carbonyl (C=O) groups is 1. The third-order valence-electron chi connectivity index (χ3n) is 3.87. The predicted octanol–water partition coefficient (Wildman–Crippen LogP) is 3.34. The molecule has 7 nitrogen and oxygen atoms in total. The van der Waals surface area contributed by atoms with E-state index in [0.717, 1.165) is 16.9 Å². The maximum Gasteiger partial charge on any atom is 0.270 e. The van der Waals surface area contributed by atoms with Gasteiger partial charge in [-0.25, -0.2) is 4.98 Å². The van der Waals surface area contributed by atoms with Crippen molar-refractivity contribution in [3.8, 4) is 0 Å². The molecule has 1 N–H and O–H groups in total. The first kappa shape index (κ1) is 16.9. The first-order chi connectivity index (χ1) is 12.0. The van der Waals surface area contributed by atoms with Crippen molar-refractivity contribution >= 4 is 34.2 Å². The van der Waals surface area contributed by atoms with Gasteiger partial charge in [-0.1, -0.05) is 23.7 Å². The summed E-state index contributed by atoms with van der Waals surface area (Å²) in [6.07, 6.45) is 0. The van der Waals surface area contributed by atoms with E-state index in [0.29, 0.717) is 13.1 Å². The van der Waals surface area contributed by atoms with Crippen LogP contribution in [0.15, 0.2) is 42.5 Å². The number of halogens is 1. The lowest BCUT2D eigenvalue weighted by Gasteiger charge is -2.09. The van der Waals surface area contributed by atoms with Crippen LogP contribution in [0.4, 0.5) is 5.69 Å². The van der Waals surface area contributed by atoms with Crippen molar-refractivity contribution < 1.29 is 9.72 Å². The van der Waals surface area contributed by atoms with Gasteiger partial charge in [-0.3, -0.25) is 14.9 Å². The van der Waals surface area contributed by atoms with E-state index in [-0.39, 0.29) is 22.2 Å². The second-order valence-electron chi connectivity index (χ2n) is 5.48. The average Bonchev–Trinajstić information content (AvgIpc) is 2.90. The van der Waals surface area contributed by atoms with E-state index in [4.69, 9.17) is 11.6 Å². The van der Waals surface area contributed by atoms with Crippen molar-refractivity contribution in [2.75, 3.05) is 6.54 Å². The Morgan fingerprint density at radius 2 is 2.08 bits per heavy atom. The third kappa shape index (κ3) is 3.46. The molecule has 0 unspecified atom stereocenters. The molecule has 0 aliphatic heterocycles. The molecule has 0 bridgehead atoms. The topological polar surface area (TPSA) is 90.1 Å². The number of aromatic nitrogens is 2. The van der Waals surface area contributed by atoms with Crippen LogP contribution in [0.2, 0.25) is 5.02 Å². The highest BCUT2D eigenvalue weighted by molar-refractivity contribution is 6.34. The number of nitrogens with zero attached hydrogens (tertiary/aromatic N) is 3. The van der Waals surface area contributed by atoms with Gasteiger partial charge in [0.05, 0.1) is 26.5 Å². The molecular weight excluding hydrogens is 344 g/mol. The quantitative estimate of drug-likeness (QED) is 0.559. The average molecular weight is 359 g/mol. The van der Waals surface area contributed by atoms with Gasteiger partial charge in [-0.15, -0.1) is 0 Å². The highest BCUT2D eigenvalue weighted by Crippen LogP contribution is 2.22. The third-order valence-corrected chi connectivity index (χ3v) is 4.19. The van der Waals surface area contributed by atoms with Crippen LogP contribution in [0.3, 0.4) is 0 Å². The van der Waals surface area contributed by atoms with Crippen LogP contribution < -0.4 is 5.32 Å². The Balaban J connectivity index is 1.68. The summed E-state index contributed by atoms with van der Waals surface area (Å²) < 4.78 is 2.02. The summed E-state index contributed by atoms with van der Waals surface area (Å²) in [6, 6.07) is 11.6. The molecule has 25 heavy (non-hydrogen) atoms. The predicted molar refractivity (Wildman–Crippen MR) is 94.9 cm³/mol. The van der Waals surface area contributed by atoms with Crippen molar-refractivity contribution in [2.24, 2.45) is 0 Å². The van der Waals surface area contributed by atoms with Crippen molar-refractivity contribution in [1.29, 1.82) is 0 Å². The minimum Gasteiger partial charge on any atom is -0.350 e. The SMILES string of the molecule is Cc1nc2ccccc2n1CCNC(=O)c1ccc([N+](=O)[O-])cc1Cl. The van der Waals surface area contributed by atoms with Crippen LogP contribution in [-0.4, -0.2) is 26.9 Å². The number of hydrogen-bond acceptors (Lipinski definition) is 4. The molecule has 0 atom stereocenters. The van der Waals surface area contributed by atoms with E-state index in [9.17, 15) is 14.9 Å². The van der Waals surface area contributed by atoms with Crippen LogP contribution in [-0.2, 0) is 6.54 Å². The van der Waals surface area contributed by atoms with Gasteiger partial charge in [-0.05, 0) is 25.1 Å². The fourth-order valence-corrected chi connectivity index (χ4v) is 2.92. The maximum atomic E-state index is 12.2. The van der Waals surface area contributed by atoms with Crippen molar-refractivity contribution in [1.82, 2.24) is 14.9 Å². The highest BCUT2D eigenvalue weighted by atomic mass is 35.5. The maximum absolute atomic E-state index is 12.2. The van der Waals surface area contributed by atoms with Crippen LogP contribution in [0.1, 0.15) is 16.2 Å². The summed E-state index contributed by atoms with van der Waals surface area (Å²) in [7, 11) is 0. The molecule has 0 saturated heterocycles. The molecule has 8 heteroatoms. The largest absolute Gasteiger partial charge is 0.350 e. The molecule has 0 fully saturated rings. The Morgan fingerprint density at radius 1 is 1.32 bits per heavy atom. The van der Waals surface area contributed by atoms with Gasteiger partial charge >= 0.3 is 0 Å². The number of nitro benzene ring substituents is 1. The van der Waals surface area contributed by atoms with Crippen LogP contribution >= 0.6 is 11.6 Å². The second kappa shape index (κ2) is 6.90. The van der Waals surface area contributed by atoms with Crippen LogP contribution in [0.5, 0.6) is 0 Å². The van der Waals surface area contributed by atoms with Crippen molar-refractivity contribution in [3.05, 3.63) is 69.0 Å². The molecular formula is C17H15ClN4O3. The molecule has 1 aromatic heterocycles. The number of nitro groups is 1. The monoisotopic (exact) mass is 358 g/mol. The number of aryl methyl sites for hydroxylation is 1. The number of imidazole rings is 1. The Morgan fingerprint density at radius 3 is 2.80 bits per heavy atom. The van der Waals surface area contributed by atoms with Crippen LogP contribution in [0, 0.1) is 17.0 Å². The van der Waals surface area contributed by atoms with Gasteiger partial charge in [0.2, 0.25) is 0 Å². The number of amides is 1. The van der Waals surface area contributed by atoms with E-state index < -0.39 is 4.92 Å². The molecule has 0 saturated carbocycles. The van der Waals surface area contributed by atoms with Gasteiger partial charge in [0.25, 0.3) is 11.6 Å². The minimum atomic E-state index is -0.555. The minimum absolute atomic E-state index is 0.0518. The molecule has 0 radical (unpaired) electrons. The van der Waals surface area contributed by atoms with E-state index in [1.807, 2.05) is 35.8 Å². The zero-order chi connectivity index (χ0) is 18.0. The Labute approximate surface area is 148 Å². The molecule has 3 aromatic rings. The number of fused-ring (bicyclic) bond motifs is 1. The van der Waals surface area contributed by atoms with E-state index in [1.54, 1.807) is 0 Å². The van der Waals surface area contributed by atoms with Crippen LogP contribution in [0.25, 0.3) is 11.0 Å². The summed E-state index contributed by atoms with van der Waals surface area (Å²) in [5.41, 5.74) is 1.97. The van der Waals surface area contributed by atoms with Crippen molar-refractivity contribution in [2.45, 2.75) is 13.5 Å². The first-order valence-electron chi connectivity index (χ1n) is 7.61. The number of carbonyl (C=O) groups excluding carboxylic acids is 1. The summed E-state index contributed by atoms with van der Waals surface area (Å²) >= 11 is 5.97. The van der Waals surface area contributed by atoms with Gasteiger partial charge < -0.3 is 9.88 Å². The Bertz CT molecular complexity index is 968. The summed E-state index contributed by atoms with van der Waals surface area (Å²) in [5, 5.41) is 13.5. The first-order valence-corrected chi connectivity index (χ1v) is 7.99. The van der Waals surface area contributed by atoms with Gasteiger partial charge in [0, 0.05) is 25.2 Å². The molecule has 1 amide bonds. The molecule has 0 aliphatic carbocycles. The lowest BCUT2D eigenvalue weighted by molar-refractivity contribution is -0.384.